The monoisotopic (exact) mass is 161 g/mol. The number of hydrogen-bond donors (Lipinski definition) is 3. The minimum Gasteiger partial charge on any atom is -0.395 e. The van der Waals surface area contributed by atoms with Gasteiger partial charge >= 0.3 is 0 Å². The van der Waals surface area contributed by atoms with E-state index in [1.165, 1.54) is 0 Å². The normalized spacial score (nSPS) is 16.4. The lowest BCUT2D eigenvalue weighted by molar-refractivity contribution is 0.170. The van der Waals surface area contributed by atoms with Gasteiger partial charge in [0.1, 0.15) is 0 Å². The third kappa shape index (κ3) is 6.28. The van der Waals surface area contributed by atoms with Crippen molar-refractivity contribution in [2.75, 3.05) is 13.2 Å². The van der Waals surface area contributed by atoms with Crippen LogP contribution in [0.5, 0.6) is 0 Å². The van der Waals surface area contributed by atoms with Gasteiger partial charge in [0.2, 0.25) is 0 Å². The van der Waals surface area contributed by atoms with Gasteiger partial charge in [-0.2, -0.15) is 0 Å². The Balaban J connectivity index is 3.35. The maximum absolute atomic E-state index is 8.92. The largest absolute Gasteiger partial charge is 0.395 e. The summed E-state index contributed by atoms with van der Waals surface area (Å²) < 4.78 is 0. The summed E-state index contributed by atoms with van der Waals surface area (Å²) in [6.07, 6.45) is 1.68. The Morgan fingerprint density at radius 2 is 2.09 bits per heavy atom. The van der Waals surface area contributed by atoms with Crippen molar-refractivity contribution in [3.05, 3.63) is 0 Å². The fourth-order valence-electron chi connectivity index (χ4n) is 0.944. The Hall–Kier alpha value is -0.120. The van der Waals surface area contributed by atoms with Crippen LogP contribution in [-0.2, 0) is 0 Å². The van der Waals surface area contributed by atoms with Crippen LogP contribution in [-0.4, -0.2) is 35.5 Å². The molecule has 0 aromatic carbocycles. The number of hydrogen-bond acceptors (Lipinski definition) is 3. The van der Waals surface area contributed by atoms with E-state index in [1.807, 2.05) is 0 Å². The van der Waals surface area contributed by atoms with Crippen LogP contribution in [0.2, 0.25) is 0 Å². The van der Waals surface area contributed by atoms with E-state index in [0.717, 1.165) is 12.8 Å². The first kappa shape index (κ1) is 10.9. The van der Waals surface area contributed by atoms with Crippen LogP contribution in [0.4, 0.5) is 0 Å². The summed E-state index contributed by atoms with van der Waals surface area (Å²) >= 11 is 0. The molecule has 0 aliphatic rings. The second-order valence-corrected chi connectivity index (χ2v) is 2.93. The molecule has 0 aromatic heterocycles. The molecule has 0 spiro atoms. The van der Waals surface area contributed by atoms with Gasteiger partial charge in [-0.05, 0) is 13.3 Å². The van der Waals surface area contributed by atoms with Crippen LogP contribution < -0.4 is 5.32 Å². The molecule has 0 aliphatic carbocycles. The molecular formula is C8H19NO2. The predicted molar refractivity (Wildman–Crippen MR) is 45.5 cm³/mol. The summed E-state index contributed by atoms with van der Waals surface area (Å²) in [6.45, 7) is 4.52. The average Bonchev–Trinajstić information content (AvgIpc) is 1.97. The van der Waals surface area contributed by atoms with Crippen LogP contribution in [0.1, 0.15) is 26.7 Å². The lowest BCUT2D eigenvalue weighted by Crippen LogP contribution is -2.36. The SMILES string of the molecule is CCC[C@H](CO)NC[C@H](C)O. The highest BCUT2D eigenvalue weighted by atomic mass is 16.3. The molecule has 3 N–H and O–H groups in total. The minimum atomic E-state index is -0.332. The molecule has 0 bridgehead atoms. The van der Waals surface area contributed by atoms with Crippen molar-refractivity contribution >= 4 is 0 Å². The minimum absolute atomic E-state index is 0.148. The van der Waals surface area contributed by atoms with Crippen LogP contribution >= 0.6 is 0 Å². The molecule has 0 unspecified atom stereocenters. The summed E-state index contributed by atoms with van der Waals surface area (Å²) in [7, 11) is 0. The van der Waals surface area contributed by atoms with Crippen LogP contribution in [0.3, 0.4) is 0 Å². The van der Waals surface area contributed by atoms with E-state index in [4.69, 9.17) is 10.2 Å². The fourth-order valence-corrected chi connectivity index (χ4v) is 0.944. The van der Waals surface area contributed by atoms with Crippen molar-refractivity contribution in [1.82, 2.24) is 5.32 Å². The smallest absolute Gasteiger partial charge is 0.0636 e. The van der Waals surface area contributed by atoms with E-state index in [-0.39, 0.29) is 18.8 Å². The molecular weight excluding hydrogens is 142 g/mol. The quantitative estimate of drug-likeness (QED) is 0.518. The van der Waals surface area contributed by atoms with E-state index in [2.05, 4.69) is 12.2 Å². The third-order valence-corrected chi connectivity index (χ3v) is 1.56. The van der Waals surface area contributed by atoms with Gasteiger partial charge in [0.25, 0.3) is 0 Å². The first-order valence-electron chi connectivity index (χ1n) is 4.23. The van der Waals surface area contributed by atoms with Gasteiger partial charge in [0.15, 0.2) is 0 Å². The highest BCUT2D eigenvalue weighted by molar-refractivity contribution is 4.65. The molecule has 68 valence electrons. The molecule has 3 heteroatoms. The molecule has 0 aliphatic heterocycles. The number of rotatable bonds is 6. The zero-order valence-corrected chi connectivity index (χ0v) is 7.38. The van der Waals surface area contributed by atoms with Crippen molar-refractivity contribution < 1.29 is 10.2 Å². The van der Waals surface area contributed by atoms with E-state index in [9.17, 15) is 0 Å². The summed E-state index contributed by atoms with van der Waals surface area (Å²) in [5.41, 5.74) is 0. The Bertz CT molecular complexity index is 86.2. The van der Waals surface area contributed by atoms with Gasteiger partial charge in [0.05, 0.1) is 12.7 Å². The Labute approximate surface area is 68.4 Å². The average molecular weight is 161 g/mol. The Morgan fingerprint density at radius 1 is 1.45 bits per heavy atom. The lowest BCUT2D eigenvalue weighted by Gasteiger charge is -2.15. The van der Waals surface area contributed by atoms with E-state index >= 15 is 0 Å². The first-order chi connectivity index (χ1) is 5.20. The van der Waals surface area contributed by atoms with Crippen LogP contribution in [0.25, 0.3) is 0 Å². The summed E-state index contributed by atoms with van der Waals surface area (Å²) in [4.78, 5) is 0. The molecule has 0 amide bonds. The lowest BCUT2D eigenvalue weighted by atomic mass is 10.2. The highest BCUT2D eigenvalue weighted by Gasteiger charge is 2.05. The first-order valence-corrected chi connectivity index (χ1v) is 4.23. The Kier molecular flexibility index (Phi) is 6.51. The van der Waals surface area contributed by atoms with E-state index in [0.29, 0.717) is 6.54 Å². The number of aliphatic hydroxyl groups excluding tert-OH is 2. The maximum atomic E-state index is 8.92. The number of nitrogens with one attached hydrogen (secondary N) is 1. The van der Waals surface area contributed by atoms with Crippen LogP contribution in [0, 0.1) is 0 Å². The van der Waals surface area contributed by atoms with Crippen LogP contribution in [0.15, 0.2) is 0 Å². The van der Waals surface area contributed by atoms with Crippen molar-refractivity contribution in [3.8, 4) is 0 Å². The zero-order valence-electron chi connectivity index (χ0n) is 7.38. The summed E-state index contributed by atoms with van der Waals surface area (Å²) in [5.74, 6) is 0. The van der Waals surface area contributed by atoms with Crippen molar-refractivity contribution in [2.24, 2.45) is 0 Å². The highest BCUT2D eigenvalue weighted by Crippen LogP contribution is 1.94. The number of aliphatic hydroxyl groups is 2. The molecule has 0 aromatic rings. The van der Waals surface area contributed by atoms with Crippen molar-refractivity contribution in [2.45, 2.75) is 38.8 Å². The topological polar surface area (TPSA) is 52.5 Å². The van der Waals surface area contributed by atoms with Gasteiger partial charge in [-0.15, -0.1) is 0 Å². The molecule has 0 heterocycles. The molecule has 0 saturated carbocycles. The molecule has 2 atom stereocenters. The van der Waals surface area contributed by atoms with Gasteiger partial charge in [-0.3, -0.25) is 0 Å². The second kappa shape index (κ2) is 6.58. The predicted octanol–water partition coefficient (Wildman–Crippen LogP) is 0.118. The molecule has 11 heavy (non-hydrogen) atoms. The van der Waals surface area contributed by atoms with Crippen molar-refractivity contribution in [3.63, 3.8) is 0 Å². The fraction of sp³-hybridized carbons (Fsp3) is 1.00. The third-order valence-electron chi connectivity index (χ3n) is 1.56. The van der Waals surface area contributed by atoms with Gasteiger partial charge < -0.3 is 15.5 Å². The van der Waals surface area contributed by atoms with Gasteiger partial charge in [0, 0.05) is 12.6 Å². The van der Waals surface area contributed by atoms with Gasteiger partial charge in [-0.1, -0.05) is 13.3 Å². The standard InChI is InChI=1S/C8H19NO2/c1-3-4-8(6-10)9-5-7(2)11/h7-11H,3-6H2,1-2H3/t7-,8+/m0/s1. The van der Waals surface area contributed by atoms with Crippen molar-refractivity contribution in [1.29, 1.82) is 0 Å². The molecule has 0 rings (SSSR count). The second-order valence-electron chi connectivity index (χ2n) is 2.93. The molecule has 3 nitrogen and oxygen atoms in total. The summed E-state index contributed by atoms with van der Waals surface area (Å²) in [5, 5.41) is 20.8. The Morgan fingerprint density at radius 3 is 2.45 bits per heavy atom. The maximum Gasteiger partial charge on any atom is 0.0636 e. The molecule has 0 fully saturated rings. The molecule has 0 saturated heterocycles. The van der Waals surface area contributed by atoms with Gasteiger partial charge in [-0.25, -0.2) is 0 Å². The summed E-state index contributed by atoms with van der Waals surface area (Å²) in [6, 6.07) is 0.148. The van der Waals surface area contributed by atoms with E-state index in [1.54, 1.807) is 6.92 Å². The zero-order chi connectivity index (χ0) is 8.69. The molecule has 0 radical (unpaired) electrons. The van der Waals surface area contributed by atoms with E-state index < -0.39 is 0 Å².